The summed E-state index contributed by atoms with van der Waals surface area (Å²) in [6.07, 6.45) is -3.01. The van der Waals surface area contributed by atoms with Crippen LogP contribution in [0.2, 0.25) is 0 Å². The molecular weight excluding hydrogens is 469 g/mol. The lowest BCUT2D eigenvalue weighted by Gasteiger charge is -2.19. The molecule has 2 aromatic heterocycles. The maximum atomic E-state index is 13.1. The van der Waals surface area contributed by atoms with Crippen molar-refractivity contribution < 1.29 is 31.9 Å². The van der Waals surface area contributed by atoms with Crippen molar-refractivity contribution in [3.8, 4) is 0 Å². The summed E-state index contributed by atoms with van der Waals surface area (Å²) < 4.78 is 50.1. The van der Waals surface area contributed by atoms with Crippen LogP contribution in [0.25, 0.3) is 11.0 Å². The molecule has 0 aliphatic rings. The molecule has 0 atom stereocenters. The number of rotatable bonds is 6. The van der Waals surface area contributed by atoms with E-state index >= 15 is 0 Å². The van der Waals surface area contributed by atoms with Gasteiger partial charge in [-0.3, -0.25) is 14.5 Å². The van der Waals surface area contributed by atoms with Gasteiger partial charge >= 0.3 is 12.1 Å². The van der Waals surface area contributed by atoms with Crippen LogP contribution in [-0.2, 0) is 33.5 Å². The zero-order chi connectivity index (χ0) is 24.5. The van der Waals surface area contributed by atoms with Crippen molar-refractivity contribution in [3.05, 3.63) is 76.5 Å². The van der Waals surface area contributed by atoms with Crippen molar-refractivity contribution in [2.24, 2.45) is 0 Å². The number of ether oxygens (including phenoxy) is 1. The summed E-state index contributed by atoms with van der Waals surface area (Å²) in [5.41, 5.74) is 1.97. The van der Waals surface area contributed by atoms with Crippen molar-refractivity contribution in [2.45, 2.75) is 33.1 Å². The topological polar surface area (TPSA) is 72.6 Å². The Bertz CT molecular complexity index is 1360. The van der Waals surface area contributed by atoms with Gasteiger partial charge < -0.3 is 9.15 Å². The molecule has 176 valence electrons. The highest BCUT2D eigenvalue weighted by Gasteiger charge is 2.31. The van der Waals surface area contributed by atoms with Crippen molar-refractivity contribution in [3.63, 3.8) is 0 Å². The average Bonchev–Trinajstić information content (AvgIpc) is 3.39. The molecular formula is C24H19F3N2O4S. The Kier molecular flexibility index (Phi) is 6.43. The van der Waals surface area contributed by atoms with E-state index < -0.39 is 23.6 Å². The Morgan fingerprint density at radius 1 is 1.18 bits per heavy atom. The number of benzene rings is 2. The normalized spacial score (nSPS) is 11.6. The highest BCUT2D eigenvalue weighted by molar-refractivity contribution is 7.14. The van der Waals surface area contributed by atoms with Crippen LogP contribution in [-0.4, -0.2) is 16.9 Å². The Hall–Kier alpha value is -3.66. The fraction of sp³-hybridized carbons (Fsp3) is 0.208. The number of hydrogen-bond donors (Lipinski definition) is 0. The molecule has 0 aliphatic heterocycles. The molecule has 4 rings (SSSR count). The first-order valence-electron chi connectivity index (χ1n) is 10.2. The third-order valence-corrected chi connectivity index (χ3v) is 5.88. The molecule has 0 aliphatic carbocycles. The fourth-order valence-corrected chi connectivity index (χ4v) is 4.27. The van der Waals surface area contributed by atoms with Gasteiger partial charge in [-0.05, 0) is 36.8 Å². The number of alkyl halides is 3. The number of hydrogen-bond acceptors (Lipinski definition) is 6. The van der Waals surface area contributed by atoms with Gasteiger partial charge in [0.15, 0.2) is 5.13 Å². The standard InChI is InChI=1S/C24H19F3N2O4S/c1-14-6-7-20-16(11-32-21(20)8-14)9-22(31)33-12-18-13-34-23(28-18)29(15(2)30)19-5-3-4-17(10-19)24(25,26)27/h3-8,10-11,13H,9,12H2,1-2H3. The van der Waals surface area contributed by atoms with Gasteiger partial charge in [-0.1, -0.05) is 18.2 Å². The van der Waals surface area contributed by atoms with Gasteiger partial charge in [0.1, 0.15) is 12.2 Å². The fourth-order valence-electron chi connectivity index (χ4n) is 3.40. The summed E-state index contributed by atoms with van der Waals surface area (Å²) in [4.78, 5) is 29.9. The van der Waals surface area contributed by atoms with E-state index in [1.54, 1.807) is 5.38 Å². The first-order chi connectivity index (χ1) is 16.1. The summed E-state index contributed by atoms with van der Waals surface area (Å²) in [5.74, 6) is -0.988. The van der Waals surface area contributed by atoms with Gasteiger partial charge in [-0.15, -0.1) is 11.3 Å². The number of esters is 1. The minimum atomic E-state index is -4.54. The Labute approximate surface area is 196 Å². The lowest BCUT2D eigenvalue weighted by atomic mass is 10.1. The first kappa shape index (κ1) is 23.5. The Morgan fingerprint density at radius 2 is 1.97 bits per heavy atom. The summed E-state index contributed by atoms with van der Waals surface area (Å²) in [6.45, 7) is 3.04. The molecule has 0 saturated heterocycles. The lowest BCUT2D eigenvalue weighted by molar-refractivity contribution is -0.144. The maximum absolute atomic E-state index is 13.1. The van der Waals surface area contributed by atoms with Crippen LogP contribution in [0.4, 0.5) is 24.0 Å². The van der Waals surface area contributed by atoms with Crippen molar-refractivity contribution in [1.29, 1.82) is 0 Å². The summed E-state index contributed by atoms with van der Waals surface area (Å²) in [6, 6.07) is 10.1. The molecule has 0 N–H and O–H groups in total. The highest BCUT2D eigenvalue weighted by Crippen LogP contribution is 2.35. The predicted octanol–water partition coefficient (Wildman–Crippen LogP) is 6.19. The molecule has 0 saturated carbocycles. The van der Waals surface area contributed by atoms with E-state index in [0.29, 0.717) is 16.8 Å². The molecule has 0 spiro atoms. The van der Waals surface area contributed by atoms with Crippen LogP contribution in [0.5, 0.6) is 0 Å². The summed E-state index contributed by atoms with van der Waals surface area (Å²) in [5, 5.41) is 2.59. The molecule has 2 heterocycles. The van der Waals surface area contributed by atoms with Crippen LogP contribution in [0, 0.1) is 6.92 Å². The lowest BCUT2D eigenvalue weighted by Crippen LogP contribution is -2.23. The van der Waals surface area contributed by atoms with Gasteiger partial charge in [0, 0.05) is 23.3 Å². The number of aryl methyl sites for hydroxylation is 1. The summed E-state index contributed by atoms with van der Waals surface area (Å²) in [7, 11) is 0. The van der Waals surface area contributed by atoms with E-state index in [-0.39, 0.29) is 23.8 Å². The number of fused-ring (bicyclic) bond motifs is 1. The number of aromatic nitrogens is 1. The number of amides is 1. The van der Waals surface area contributed by atoms with Crippen molar-refractivity contribution >= 4 is 45.0 Å². The van der Waals surface area contributed by atoms with E-state index in [1.807, 2.05) is 25.1 Å². The number of carbonyl (C=O) groups is 2. The second kappa shape index (κ2) is 9.30. The zero-order valence-corrected chi connectivity index (χ0v) is 19.0. The van der Waals surface area contributed by atoms with Gasteiger partial charge in [-0.25, -0.2) is 4.98 Å². The molecule has 4 aromatic rings. The quantitative estimate of drug-likeness (QED) is 0.303. The molecule has 1 amide bonds. The largest absolute Gasteiger partial charge is 0.464 e. The van der Waals surface area contributed by atoms with E-state index in [4.69, 9.17) is 9.15 Å². The van der Waals surface area contributed by atoms with Crippen LogP contribution >= 0.6 is 11.3 Å². The van der Waals surface area contributed by atoms with E-state index in [1.165, 1.54) is 25.3 Å². The highest BCUT2D eigenvalue weighted by atomic mass is 32.1. The zero-order valence-electron chi connectivity index (χ0n) is 18.2. The van der Waals surface area contributed by atoms with Gasteiger partial charge in [0.2, 0.25) is 5.91 Å². The molecule has 34 heavy (non-hydrogen) atoms. The average molecular weight is 488 g/mol. The third-order valence-electron chi connectivity index (χ3n) is 5.00. The van der Waals surface area contributed by atoms with Crippen LogP contribution in [0.1, 0.15) is 29.3 Å². The number of halogens is 3. The van der Waals surface area contributed by atoms with Gasteiger partial charge in [0.25, 0.3) is 0 Å². The van der Waals surface area contributed by atoms with Crippen molar-refractivity contribution in [1.82, 2.24) is 4.98 Å². The number of furan rings is 1. The van der Waals surface area contributed by atoms with E-state index in [9.17, 15) is 22.8 Å². The van der Waals surface area contributed by atoms with Crippen molar-refractivity contribution in [2.75, 3.05) is 4.90 Å². The SMILES string of the molecule is CC(=O)N(c1cccc(C(F)(F)F)c1)c1nc(COC(=O)Cc2coc3cc(C)ccc23)cs1. The molecule has 0 unspecified atom stereocenters. The Balaban J connectivity index is 1.44. The Morgan fingerprint density at radius 3 is 2.71 bits per heavy atom. The smallest absolute Gasteiger partial charge is 0.416 e. The van der Waals surface area contributed by atoms with E-state index in [0.717, 1.165) is 39.3 Å². The van der Waals surface area contributed by atoms with Gasteiger partial charge in [-0.2, -0.15) is 13.2 Å². The second-order valence-corrected chi connectivity index (χ2v) is 8.46. The number of anilines is 2. The molecule has 6 nitrogen and oxygen atoms in total. The predicted molar refractivity (Wildman–Crippen MR) is 121 cm³/mol. The van der Waals surface area contributed by atoms with Gasteiger partial charge in [0.05, 0.1) is 29.6 Å². The second-order valence-electron chi connectivity index (χ2n) is 7.62. The minimum Gasteiger partial charge on any atom is -0.464 e. The van der Waals surface area contributed by atoms with Crippen LogP contribution in [0.15, 0.2) is 58.5 Å². The first-order valence-corrected chi connectivity index (χ1v) is 11.0. The summed E-state index contributed by atoms with van der Waals surface area (Å²) >= 11 is 1.06. The molecule has 2 aromatic carbocycles. The molecule has 0 fully saturated rings. The van der Waals surface area contributed by atoms with E-state index in [2.05, 4.69) is 4.98 Å². The maximum Gasteiger partial charge on any atom is 0.416 e. The molecule has 0 radical (unpaired) electrons. The van der Waals surface area contributed by atoms with Crippen LogP contribution < -0.4 is 4.90 Å². The number of thiazole rings is 1. The number of carbonyl (C=O) groups excluding carboxylic acids is 2. The monoisotopic (exact) mass is 488 g/mol. The number of nitrogens with zero attached hydrogens (tertiary/aromatic N) is 2. The third kappa shape index (κ3) is 5.12. The molecule has 10 heteroatoms. The van der Waals surface area contributed by atoms with Crippen LogP contribution in [0.3, 0.4) is 0 Å². The minimum absolute atomic E-state index is 0.0108. The molecule has 0 bridgehead atoms.